The zero-order chi connectivity index (χ0) is 13.1. The van der Waals surface area contributed by atoms with Gasteiger partial charge in [0, 0.05) is 19.6 Å². The first-order valence-corrected chi connectivity index (χ1v) is 5.70. The summed E-state index contributed by atoms with van der Waals surface area (Å²) in [7, 11) is 0. The number of halogens is 1. The standard InChI is InChI=1S/C13H13FN2O2/c14-12-2-9(5-15)1-10(3-12)6-16-7-11(8-16)4-13(17)18/h1-3,11H,4,6-8H2,(H,17,18). The number of aliphatic carboxylic acids is 1. The third-order valence-corrected chi connectivity index (χ3v) is 2.99. The van der Waals surface area contributed by atoms with Gasteiger partial charge >= 0.3 is 5.97 Å². The Morgan fingerprint density at radius 1 is 1.50 bits per heavy atom. The molecule has 1 aliphatic rings. The lowest BCUT2D eigenvalue weighted by Gasteiger charge is -2.38. The van der Waals surface area contributed by atoms with Crippen molar-refractivity contribution in [1.82, 2.24) is 4.90 Å². The number of rotatable bonds is 4. The summed E-state index contributed by atoms with van der Waals surface area (Å²) in [5.74, 6) is -1.00. The molecule has 0 unspecified atom stereocenters. The van der Waals surface area contributed by atoms with E-state index < -0.39 is 11.8 Å². The fourth-order valence-corrected chi connectivity index (χ4v) is 2.25. The van der Waals surface area contributed by atoms with Crippen molar-refractivity contribution in [2.75, 3.05) is 13.1 Å². The van der Waals surface area contributed by atoms with Gasteiger partial charge in [0.25, 0.3) is 0 Å². The van der Waals surface area contributed by atoms with E-state index in [1.165, 1.54) is 12.1 Å². The first-order chi connectivity index (χ1) is 8.56. The predicted octanol–water partition coefficient (Wildman–Crippen LogP) is 1.60. The Hall–Kier alpha value is -1.93. The number of carbonyl (C=O) groups is 1. The summed E-state index contributed by atoms with van der Waals surface area (Å²) < 4.78 is 13.2. The van der Waals surface area contributed by atoms with E-state index in [4.69, 9.17) is 10.4 Å². The molecule has 0 aromatic heterocycles. The maximum absolute atomic E-state index is 13.2. The first kappa shape index (κ1) is 12.5. The van der Waals surface area contributed by atoms with Crippen molar-refractivity contribution in [3.63, 3.8) is 0 Å². The fraction of sp³-hybridized carbons (Fsp3) is 0.385. The van der Waals surface area contributed by atoms with E-state index in [-0.39, 0.29) is 12.3 Å². The van der Waals surface area contributed by atoms with Crippen molar-refractivity contribution in [1.29, 1.82) is 5.26 Å². The Bertz CT molecular complexity index is 504. The van der Waals surface area contributed by atoms with Gasteiger partial charge in [-0.3, -0.25) is 9.69 Å². The SMILES string of the molecule is N#Cc1cc(F)cc(CN2CC(CC(=O)O)C2)c1. The Labute approximate surface area is 104 Å². The monoisotopic (exact) mass is 248 g/mol. The zero-order valence-electron chi connectivity index (χ0n) is 9.77. The van der Waals surface area contributed by atoms with E-state index in [2.05, 4.69) is 0 Å². The molecule has 0 spiro atoms. The molecule has 0 saturated carbocycles. The molecule has 18 heavy (non-hydrogen) atoms. The van der Waals surface area contributed by atoms with Crippen LogP contribution in [0.3, 0.4) is 0 Å². The molecule has 1 heterocycles. The largest absolute Gasteiger partial charge is 0.481 e. The van der Waals surface area contributed by atoms with E-state index in [0.717, 1.165) is 5.56 Å². The van der Waals surface area contributed by atoms with Gasteiger partial charge in [0.2, 0.25) is 0 Å². The molecule has 1 aromatic rings. The first-order valence-electron chi connectivity index (χ1n) is 5.70. The predicted molar refractivity (Wildman–Crippen MR) is 62.1 cm³/mol. The molecular formula is C13H13FN2O2. The molecule has 1 saturated heterocycles. The second kappa shape index (κ2) is 5.15. The number of hydrogen-bond donors (Lipinski definition) is 1. The summed E-state index contributed by atoms with van der Waals surface area (Å²) >= 11 is 0. The minimum absolute atomic E-state index is 0.184. The van der Waals surface area contributed by atoms with E-state index in [1.54, 1.807) is 6.07 Å². The molecule has 0 atom stereocenters. The van der Waals surface area contributed by atoms with Crippen LogP contribution in [-0.4, -0.2) is 29.1 Å². The molecule has 0 bridgehead atoms. The number of likely N-dealkylation sites (tertiary alicyclic amines) is 1. The second-order valence-corrected chi connectivity index (χ2v) is 4.62. The third kappa shape index (κ3) is 3.05. The van der Waals surface area contributed by atoms with Crippen LogP contribution < -0.4 is 0 Å². The van der Waals surface area contributed by atoms with Crippen LogP contribution >= 0.6 is 0 Å². The highest BCUT2D eigenvalue weighted by Crippen LogP contribution is 2.22. The van der Waals surface area contributed by atoms with Gasteiger partial charge in [-0.15, -0.1) is 0 Å². The van der Waals surface area contributed by atoms with Crippen LogP contribution in [0.4, 0.5) is 4.39 Å². The number of carboxylic acids is 1. The molecule has 1 aliphatic heterocycles. The van der Waals surface area contributed by atoms with E-state index in [9.17, 15) is 9.18 Å². The molecular weight excluding hydrogens is 235 g/mol. The Kier molecular flexibility index (Phi) is 3.58. The van der Waals surface area contributed by atoms with Crippen molar-refractivity contribution >= 4 is 5.97 Å². The van der Waals surface area contributed by atoms with Crippen molar-refractivity contribution in [2.45, 2.75) is 13.0 Å². The Balaban J connectivity index is 1.90. The lowest BCUT2D eigenvalue weighted by atomic mass is 9.95. The zero-order valence-corrected chi connectivity index (χ0v) is 9.77. The molecule has 5 heteroatoms. The van der Waals surface area contributed by atoms with E-state index >= 15 is 0 Å². The Morgan fingerprint density at radius 2 is 2.22 bits per heavy atom. The maximum atomic E-state index is 13.2. The average Bonchev–Trinajstić information content (AvgIpc) is 2.24. The molecule has 0 amide bonds. The Morgan fingerprint density at radius 3 is 2.83 bits per heavy atom. The minimum atomic E-state index is -0.780. The number of nitriles is 1. The molecule has 94 valence electrons. The smallest absolute Gasteiger partial charge is 0.303 e. The van der Waals surface area contributed by atoms with Crippen LogP contribution in [0.25, 0.3) is 0 Å². The number of hydrogen-bond acceptors (Lipinski definition) is 3. The molecule has 1 N–H and O–H groups in total. The summed E-state index contributed by atoms with van der Waals surface area (Å²) in [4.78, 5) is 12.5. The van der Waals surface area contributed by atoms with E-state index in [1.807, 2.05) is 11.0 Å². The van der Waals surface area contributed by atoms with Crippen LogP contribution in [-0.2, 0) is 11.3 Å². The molecule has 1 fully saturated rings. The molecule has 0 aliphatic carbocycles. The van der Waals surface area contributed by atoms with E-state index in [0.29, 0.717) is 25.2 Å². The van der Waals surface area contributed by atoms with Gasteiger partial charge in [-0.1, -0.05) is 0 Å². The van der Waals surface area contributed by atoms with Gasteiger partial charge < -0.3 is 5.11 Å². The summed E-state index contributed by atoms with van der Waals surface area (Å²) in [5.41, 5.74) is 1.06. The quantitative estimate of drug-likeness (QED) is 0.879. The fourth-order valence-electron chi connectivity index (χ4n) is 2.25. The van der Waals surface area contributed by atoms with Crippen LogP contribution in [0.1, 0.15) is 17.5 Å². The van der Waals surface area contributed by atoms with Gasteiger partial charge in [-0.2, -0.15) is 5.26 Å². The number of carboxylic acid groups (broad SMARTS) is 1. The maximum Gasteiger partial charge on any atom is 0.303 e. The van der Waals surface area contributed by atoms with Gasteiger partial charge in [-0.05, 0) is 29.7 Å². The number of nitrogens with zero attached hydrogens (tertiary/aromatic N) is 2. The molecule has 4 nitrogen and oxygen atoms in total. The lowest BCUT2D eigenvalue weighted by molar-refractivity contribution is -0.139. The highest BCUT2D eigenvalue weighted by atomic mass is 19.1. The van der Waals surface area contributed by atoms with Gasteiger partial charge in [-0.25, -0.2) is 4.39 Å². The van der Waals surface area contributed by atoms with Crippen molar-refractivity contribution in [2.24, 2.45) is 5.92 Å². The van der Waals surface area contributed by atoms with Gasteiger partial charge in [0.05, 0.1) is 18.1 Å². The molecule has 0 radical (unpaired) electrons. The topological polar surface area (TPSA) is 64.3 Å². The molecule has 1 aromatic carbocycles. The summed E-state index contributed by atoms with van der Waals surface area (Å²) in [6.07, 6.45) is 0.184. The lowest BCUT2D eigenvalue weighted by Crippen LogP contribution is -2.46. The third-order valence-electron chi connectivity index (χ3n) is 2.99. The van der Waals surface area contributed by atoms with Gasteiger partial charge in [0.15, 0.2) is 0 Å². The van der Waals surface area contributed by atoms with Crippen LogP contribution in [0.5, 0.6) is 0 Å². The highest BCUT2D eigenvalue weighted by Gasteiger charge is 2.28. The van der Waals surface area contributed by atoms with Crippen molar-refractivity contribution in [3.8, 4) is 6.07 Å². The average molecular weight is 248 g/mol. The minimum Gasteiger partial charge on any atom is -0.481 e. The van der Waals surface area contributed by atoms with Crippen molar-refractivity contribution in [3.05, 3.63) is 35.1 Å². The van der Waals surface area contributed by atoms with Gasteiger partial charge in [0.1, 0.15) is 5.82 Å². The van der Waals surface area contributed by atoms with Crippen LogP contribution in [0.2, 0.25) is 0 Å². The summed E-state index contributed by atoms with van der Waals surface area (Å²) in [6.45, 7) is 1.98. The molecule has 2 rings (SSSR count). The normalized spacial score (nSPS) is 16.0. The summed E-state index contributed by atoms with van der Waals surface area (Å²) in [6, 6.07) is 6.19. The second-order valence-electron chi connectivity index (χ2n) is 4.62. The van der Waals surface area contributed by atoms with Crippen molar-refractivity contribution < 1.29 is 14.3 Å². The van der Waals surface area contributed by atoms with Crippen LogP contribution in [0.15, 0.2) is 18.2 Å². The number of benzene rings is 1. The highest BCUT2D eigenvalue weighted by molar-refractivity contribution is 5.67. The summed E-state index contributed by atoms with van der Waals surface area (Å²) in [5, 5.41) is 17.4. The van der Waals surface area contributed by atoms with Crippen LogP contribution in [0, 0.1) is 23.1 Å².